The molecule has 170 valence electrons. The number of rotatable bonds is 8. The van der Waals surface area contributed by atoms with Gasteiger partial charge in [0.2, 0.25) is 11.9 Å². The van der Waals surface area contributed by atoms with Crippen LogP contribution in [-0.4, -0.2) is 54.5 Å². The summed E-state index contributed by atoms with van der Waals surface area (Å²) in [6.07, 6.45) is 0. The van der Waals surface area contributed by atoms with Gasteiger partial charge in [0.25, 0.3) is 5.88 Å². The number of guanidine groups is 1. The summed E-state index contributed by atoms with van der Waals surface area (Å²) in [5.74, 6) is 0.528. The SMILES string of the molecule is COCCN1CC(=O)NC1=Nc1cc(C(C)(C)c2cccc(C(=O)c3ccccc3)c2)no1. The van der Waals surface area contributed by atoms with Gasteiger partial charge in [-0.05, 0) is 11.6 Å². The van der Waals surface area contributed by atoms with Crippen molar-refractivity contribution in [3.8, 4) is 0 Å². The molecular formula is C25H26N4O4. The number of benzene rings is 2. The number of nitrogens with one attached hydrogen (secondary N) is 1. The second-order valence-electron chi connectivity index (χ2n) is 8.35. The van der Waals surface area contributed by atoms with Gasteiger partial charge in [-0.1, -0.05) is 67.5 Å². The molecule has 8 heteroatoms. The Labute approximate surface area is 192 Å². The number of carbonyl (C=O) groups is 2. The Bertz CT molecular complexity index is 1180. The highest BCUT2D eigenvalue weighted by Crippen LogP contribution is 2.33. The predicted molar refractivity (Wildman–Crippen MR) is 124 cm³/mol. The molecule has 0 atom stereocenters. The number of aromatic nitrogens is 1. The van der Waals surface area contributed by atoms with Crippen LogP contribution in [0.2, 0.25) is 0 Å². The van der Waals surface area contributed by atoms with Crippen molar-refractivity contribution in [2.75, 3.05) is 26.8 Å². The fourth-order valence-electron chi connectivity index (χ4n) is 3.65. The topological polar surface area (TPSA) is 97.0 Å². The minimum Gasteiger partial charge on any atom is -0.383 e. The molecule has 0 unspecified atom stereocenters. The minimum atomic E-state index is -0.538. The molecule has 0 bridgehead atoms. The lowest BCUT2D eigenvalue weighted by atomic mass is 9.80. The molecule has 2 heterocycles. The van der Waals surface area contributed by atoms with Crippen LogP contribution in [0.5, 0.6) is 0 Å². The molecule has 1 saturated heterocycles. The second kappa shape index (κ2) is 9.38. The Kier molecular flexibility index (Phi) is 6.37. The van der Waals surface area contributed by atoms with E-state index in [0.29, 0.717) is 35.9 Å². The van der Waals surface area contributed by atoms with Gasteiger partial charge >= 0.3 is 0 Å². The quantitative estimate of drug-likeness (QED) is 0.534. The number of carbonyl (C=O) groups excluding carboxylic acids is 2. The molecule has 0 aliphatic carbocycles. The van der Waals surface area contributed by atoms with Crippen molar-refractivity contribution in [3.05, 3.63) is 83.0 Å². The van der Waals surface area contributed by atoms with Crippen LogP contribution in [0.15, 0.2) is 70.2 Å². The Morgan fingerprint density at radius 3 is 2.67 bits per heavy atom. The highest BCUT2D eigenvalue weighted by molar-refractivity contribution is 6.09. The molecule has 0 saturated carbocycles. The summed E-state index contributed by atoms with van der Waals surface area (Å²) in [5, 5.41) is 6.95. The van der Waals surface area contributed by atoms with Crippen LogP contribution in [0.1, 0.15) is 41.0 Å². The molecule has 3 aromatic rings. The van der Waals surface area contributed by atoms with E-state index in [1.165, 1.54) is 0 Å². The van der Waals surface area contributed by atoms with Gasteiger partial charge < -0.3 is 14.2 Å². The number of amides is 1. The highest BCUT2D eigenvalue weighted by atomic mass is 16.5. The molecule has 1 aliphatic rings. The fourth-order valence-corrected chi connectivity index (χ4v) is 3.65. The molecule has 0 spiro atoms. The Hall–Kier alpha value is -3.78. The Morgan fingerprint density at radius 2 is 1.91 bits per heavy atom. The van der Waals surface area contributed by atoms with E-state index in [2.05, 4.69) is 15.5 Å². The average Bonchev–Trinajstić information content (AvgIpc) is 3.44. The van der Waals surface area contributed by atoms with Crippen LogP contribution in [0.3, 0.4) is 0 Å². The van der Waals surface area contributed by atoms with E-state index >= 15 is 0 Å². The average molecular weight is 447 g/mol. The maximum absolute atomic E-state index is 12.9. The zero-order valence-corrected chi connectivity index (χ0v) is 18.9. The normalized spacial score (nSPS) is 15.2. The van der Waals surface area contributed by atoms with Crippen LogP contribution in [0.4, 0.5) is 5.88 Å². The first-order valence-corrected chi connectivity index (χ1v) is 10.7. The molecule has 4 rings (SSSR count). The molecule has 2 aromatic carbocycles. The second-order valence-corrected chi connectivity index (χ2v) is 8.35. The van der Waals surface area contributed by atoms with Crippen molar-refractivity contribution < 1.29 is 18.8 Å². The summed E-state index contributed by atoms with van der Waals surface area (Å²) >= 11 is 0. The minimum absolute atomic E-state index is 0.0337. The van der Waals surface area contributed by atoms with Crippen LogP contribution < -0.4 is 5.32 Å². The fraction of sp³-hybridized carbons (Fsp3) is 0.280. The summed E-state index contributed by atoms with van der Waals surface area (Å²) in [7, 11) is 1.61. The third-order valence-corrected chi connectivity index (χ3v) is 5.69. The van der Waals surface area contributed by atoms with E-state index in [1.54, 1.807) is 30.2 Å². The summed E-state index contributed by atoms with van der Waals surface area (Å²) in [4.78, 5) is 30.9. The summed E-state index contributed by atoms with van der Waals surface area (Å²) < 4.78 is 10.6. The Balaban J connectivity index is 1.58. The van der Waals surface area contributed by atoms with E-state index in [-0.39, 0.29) is 24.1 Å². The van der Waals surface area contributed by atoms with Gasteiger partial charge in [-0.3, -0.25) is 14.9 Å². The highest BCUT2D eigenvalue weighted by Gasteiger charge is 2.29. The van der Waals surface area contributed by atoms with Crippen molar-refractivity contribution in [1.29, 1.82) is 0 Å². The smallest absolute Gasteiger partial charge is 0.253 e. The third-order valence-electron chi connectivity index (χ3n) is 5.69. The summed E-state index contributed by atoms with van der Waals surface area (Å²) in [6, 6.07) is 18.5. The first-order chi connectivity index (χ1) is 15.9. The first kappa shape index (κ1) is 22.4. The molecule has 1 amide bonds. The van der Waals surface area contributed by atoms with Crippen LogP contribution in [0.25, 0.3) is 0 Å². The molecule has 1 fully saturated rings. The van der Waals surface area contributed by atoms with Crippen molar-refractivity contribution >= 4 is 23.5 Å². The standard InChI is InChI=1S/C25H26N4O4/c1-25(2,19-11-7-10-18(14-19)23(31)17-8-5-4-6-9-17)20-15-22(33-28-20)27-24-26-21(30)16-29(24)12-13-32-3/h4-11,14-15H,12-13,16H2,1-3H3,(H,26,27,30). The van der Waals surface area contributed by atoms with Gasteiger partial charge in [-0.2, -0.15) is 4.99 Å². The summed E-state index contributed by atoms with van der Waals surface area (Å²) in [6.45, 7) is 5.24. The predicted octanol–water partition coefficient (Wildman–Crippen LogP) is 3.30. The van der Waals surface area contributed by atoms with Gasteiger partial charge in [0.05, 0.1) is 12.3 Å². The lowest BCUT2D eigenvalue weighted by Crippen LogP contribution is -2.32. The number of aliphatic imine (C=N–C) groups is 1. The molecule has 1 aliphatic heterocycles. The monoisotopic (exact) mass is 446 g/mol. The van der Waals surface area contributed by atoms with E-state index in [9.17, 15) is 9.59 Å². The molecule has 33 heavy (non-hydrogen) atoms. The van der Waals surface area contributed by atoms with Gasteiger partial charge in [0.15, 0.2) is 5.78 Å². The van der Waals surface area contributed by atoms with Crippen LogP contribution in [-0.2, 0) is 14.9 Å². The number of ketones is 1. The van der Waals surface area contributed by atoms with Gasteiger partial charge in [-0.15, -0.1) is 0 Å². The van der Waals surface area contributed by atoms with Gasteiger partial charge in [0.1, 0.15) is 6.54 Å². The van der Waals surface area contributed by atoms with E-state index < -0.39 is 5.41 Å². The zero-order chi connectivity index (χ0) is 23.4. The number of nitrogens with zero attached hydrogens (tertiary/aromatic N) is 3. The van der Waals surface area contributed by atoms with Gasteiger partial charge in [-0.25, -0.2) is 0 Å². The van der Waals surface area contributed by atoms with Crippen molar-refractivity contribution in [2.24, 2.45) is 4.99 Å². The molecule has 1 aromatic heterocycles. The summed E-state index contributed by atoms with van der Waals surface area (Å²) in [5.41, 5.74) is 2.30. The number of ether oxygens (including phenoxy) is 1. The van der Waals surface area contributed by atoms with E-state index in [1.807, 2.05) is 56.3 Å². The van der Waals surface area contributed by atoms with Crippen molar-refractivity contribution in [3.63, 3.8) is 0 Å². The maximum Gasteiger partial charge on any atom is 0.253 e. The van der Waals surface area contributed by atoms with Crippen LogP contribution in [0, 0.1) is 0 Å². The number of methoxy groups -OCH3 is 1. The van der Waals surface area contributed by atoms with Crippen molar-refractivity contribution in [1.82, 2.24) is 15.4 Å². The van der Waals surface area contributed by atoms with Crippen molar-refractivity contribution in [2.45, 2.75) is 19.3 Å². The molecule has 0 radical (unpaired) electrons. The zero-order valence-electron chi connectivity index (χ0n) is 18.9. The van der Waals surface area contributed by atoms with Gasteiger partial charge in [0, 0.05) is 36.3 Å². The molecular weight excluding hydrogens is 420 g/mol. The largest absolute Gasteiger partial charge is 0.383 e. The maximum atomic E-state index is 12.9. The number of hydrogen-bond acceptors (Lipinski definition) is 6. The lowest BCUT2D eigenvalue weighted by Gasteiger charge is -2.22. The molecule has 8 nitrogen and oxygen atoms in total. The number of hydrogen-bond donors (Lipinski definition) is 1. The van der Waals surface area contributed by atoms with Crippen LogP contribution >= 0.6 is 0 Å². The Morgan fingerprint density at radius 1 is 1.15 bits per heavy atom. The van der Waals surface area contributed by atoms with E-state index in [4.69, 9.17) is 9.26 Å². The first-order valence-electron chi connectivity index (χ1n) is 10.7. The third kappa shape index (κ3) is 4.85. The lowest BCUT2D eigenvalue weighted by molar-refractivity contribution is -0.118. The van der Waals surface area contributed by atoms with E-state index in [0.717, 1.165) is 5.56 Å². The molecule has 1 N–H and O–H groups in total.